The molecule has 19 heavy (non-hydrogen) atoms. The standard InChI is InChI=1S/C12H14N2O4S/c1-2-18-12(15)6-9-7-19(16,17)11-5-8(13)3-4-10(11)14-9/h3-5H,2,6-7,13H2,1H3. The van der Waals surface area contributed by atoms with Crippen LogP contribution >= 0.6 is 0 Å². The van der Waals surface area contributed by atoms with Gasteiger partial charge in [-0.3, -0.25) is 9.79 Å². The molecule has 7 heteroatoms. The monoisotopic (exact) mass is 282 g/mol. The maximum Gasteiger partial charge on any atom is 0.311 e. The van der Waals surface area contributed by atoms with Gasteiger partial charge < -0.3 is 10.5 Å². The molecule has 2 N–H and O–H groups in total. The molecule has 6 nitrogen and oxygen atoms in total. The Bertz CT molecular complexity index is 650. The Morgan fingerprint density at radius 3 is 2.89 bits per heavy atom. The molecule has 1 heterocycles. The number of nitrogens with zero attached hydrogens (tertiary/aromatic N) is 1. The van der Waals surface area contributed by atoms with Crippen molar-refractivity contribution in [2.24, 2.45) is 4.99 Å². The molecule has 2 rings (SSSR count). The maximum absolute atomic E-state index is 12.1. The number of anilines is 1. The highest BCUT2D eigenvalue weighted by molar-refractivity contribution is 7.92. The lowest BCUT2D eigenvalue weighted by molar-refractivity contribution is -0.141. The number of nitrogens with two attached hydrogens (primary N) is 1. The summed E-state index contributed by atoms with van der Waals surface area (Å²) in [6, 6.07) is 4.49. The van der Waals surface area contributed by atoms with Gasteiger partial charge in [-0.25, -0.2) is 8.42 Å². The number of hydrogen-bond acceptors (Lipinski definition) is 6. The van der Waals surface area contributed by atoms with Gasteiger partial charge in [-0.1, -0.05) is 0 Å². The van der Waals surface area contributed by atoms with Crippen LogP contribution in [0.15, 0.2) is 28.1 Å². The van der Waals surface area contributed by atoms with Crippen LogP contribution in [0.4, 0.5) is 11.4 Å². The zero-order valence-electron chi connectivity index (χ0n) is 10.4. The van der Waals surface area contributed by atoms with Crippen molar-refractivity contribution in [3.05, 3.63) is 18.2 Å². The van der Waals surface area contributed by atoms with E-state index in [1.807, 2.05) is 0 Å². The number of rotatable bonds is 3. The Labute approximate surface area is 111 Å². The molecule has 1 aliphatic rings. The van der Waals surface area contributed by atoms with Gasteiger partial charge in [0.05, 0.1) is 29.4 Å². The number of esters is 1. The van der Waals surface area contributed by atoms with E-state index in [2.05, 4.69) is 4.99 Å². The van der Waals surface area contributed by atoms with Gasteiger partial charge in [0, 0.05) is 11.4 Å². The summed E-state index contributed by atoms with van der Waals surface area (Å²) in [4.78, 5) is 15.7. The van der Waals surface area contributed by atoms with Gasteiger partial charge in [-0.05, 0) is 25.1 Å². The van der Waals surface area contributed by atoms with Crippen molar-refractivity contribution in [3.8, 4) is 0 Å². The smallest absolute Gasteiger partial charge is 0.311 e. The Morgan fingerprint density at radius 2 is 2.21 bits per heavy atom. The zero-order valence-corrected chi connectivity index (χ0v) is 11.2. The third kappa shape index (κ3) is 2.93. The minimum atomic E-state index is -3.49. The molecule has 0 bridgehead atoms. The molecule has 0 aliphatic carbocycles. The summed E-state index contributed by atoms with van der Waals surface area (Å²) in [7, 11) is -3.49. The van der Waals surface area contributed by atoms with Crippen LogP contribution < -0.4 is 5.73 Å². The van der Waals surface area contributed by atoms with Crippen molar-refractivity contribution in [2.45, 2.75) is 18.2 Å². The first-order chi connectivity index (χ1) is 8.92. The van der Waals surface area contributed by atoms with Crippen molar-refractivity contribution in [1.82, 2.24) is 0 Å². The number of fused-ring (bicyclic) bond motifs is 1. The summed E-state index contributed by atoms with van der Waals surface area (Å²) in [5.41, 5.74) is 6.54. The number of sulfone groups is 1. The molecule has 0 saturated heterocycles. The first-order valence-electron chi connectivity index (χ1n) is 5.76. The van der Waals surface area contributed by atoms with Crippen LogP contribution in [0.1, 0.15) is 13.3 Å². The van der Waals surface area contributed by atoms with E-state index in [9.17, 15) is 13.2 Å². The minimum Gasteiger partial charge on any atom is -0.466 e. The van der Waals surface area contributed by atoms with Crippen molar-refractivity contribution < 1.29 is 17.9 Å². The summed E-state index contributed by atoms with van der Waals surface area (Å²) in [6.07, 6.45) is -0.114. The summed E-state index contributed by atoms with van der Waals surface area (Å²) >= 11 is 0. The first kappa shape index (κ1) is 13.5. The van der Waals surface area contributed by atoms with Gasteiger partial charge in [0.2, 0.25) is 0 Å². The largest absolute Gasteiger partial charge is 0.466 e. The van der Waals surface area contributed by atoms with Crippen LogP contribution in [-0.2, 0) is 19.4 Å². The van der Waals surface area contributed by atoms with Crippen LogP contribution in [0.2, 0.25) is 0 Å². The third-order valence-electron chi connectivity index (χ3n) is 2.61. The van der Waals surface area contributed by atoms with E-state index in [1.165, 1.54) is 12.1 Å². The molecule has 0 aromatic heterocycles. The van der Waals surface area contributed by atoms with E-state index < -0.39 is 15.8 Å². The van der Waals surface area contributed by atoms with Crippen molar-refractivity contribution in [3.63, 3.8) is 0 Å². The average Bonchev–Trinajstić information content (AvgIpc) is 2.30. The van der Waals surface area contributed by atoms with E-state index in [1.54, 1.807) is 13.0 Å². The van der Waals surface area contributed by atoms with Crippen molar-refractivity contribution >= 4 is 32.9 Å². The molecule has 1 aromatic rings. The molecule has 102 valence electrons. The molecule has 0 radical (unpaired) electrons. The second-order valence-electron chi connectivity index (χ2n) is 4.15. The minimum absolute atomic E-state index is 0.111. The maximum atomic E-state index is 12.1. The molecule has 1 aliphatic heterocycles. The number of benzene rings is 1. The molecular formula is C12H14N2O4S. The molecule has 0 saturated carbocycles. The normalized spacial score (nSPS) is 16.4. The predicted molar refractivity (Wildman–Crippen MR) is 71.3 cm³/mol. The van der Waals surface area contributed by atoms with E-state index in [0.29, 0.717) is 11.4 Å². The van der Waals surface area contributed by atoms with E-state index >= 15 is 0 Å². The molecular weight excluding hydrogens is 268 g/mol. The molecule has 1 aromatic carbocycles. The Morgan fingerprint density at radius 1 is 1.47 bits per heavy atom. The Kier molecular flexibility index (Phi) is 3.57. The fourth-order valence-corrected chi connectivity index (χ4v) is 3.35. The second kappa shape index (κ2) is 5.00. The quantitative estimate of drug-likeness (QED) is 0.660. The van der Waals surface area contributed by atoms with Gasteiger partial charge in [-0.2, -0.15) is 0 Å². The number of hydrogen-bond donors (Lipinski definition) is 1. The van der Waals surface area contributed by atoms with Crippen molar-refractivity contribution in [1.29, 1.82) is 0 Å². The Balaban J connectivity index is 2.36. The topological polar surface area (TPSA) is 98.8 Å². The van der Waals surface area contributed by atoms with Crippen LogP contribution in [-0.4, -0.2) is 32.5 Å². The lowest BCUT2D eigenvalue weighted by Crippen LogP contribution is -2.23. The lowest BCUT2D eigenvalue weighted by atomic mass is 10.2. The zero-order chi connectivity index (χ0) is 14.0. The van der Waals surface area contributed by atoms with Crippen LogP contribution in [0.3, 0.4) is 0 Å². The number of aliphatic imine (C=N–C) groups is 1. The number of carbonyl (C=O) groups excluding carboxylic acids is 1. The van der Waals surface area contributed by atoms with Gasteiger partial charge in [0.1, 0.15) is 0 Å². The van der Waals surface area contributed by atoms with Gasteiger partial charge in [0.15, 0.2) is 9.84 Å². The van der Waals surface area contributed by atoms with Crippen LogP contribution in [0, 0.1) is 0 Å². The van der Waals surface area contributed by atoms with Crippen LogP contribution in [0.25, 0.3) is 0 Å². The van der Waals surface area contributed by atoms with Crippen LogP contribution in [0.5, 0.6) is 0 Å². The van der Waals surface area contributed by atoms with E-state index in [-0.39, 0.29) is 29.4 Å². The summed E-state index contributed by atoms with van der Waals surface area (Å²) in [5, 5.41) is 0. The fraction of sp³-hybridized carbons (Fsp3) is 0.333. The highest BCUT2D eigenvalue weighted by Crippen LogP contribution is 2.31. The van der Waals surface area contributed by atoms with E-state index in [4.69, 9.17) is 10.5 Å². The summed E-state index contributed by atoms with van der Waals surface area (Å²) < 4.78 is 29.0. The number of ether oxygens (including phenoxy) is 1. The summed E-state index contributed by atoms with van der Waals surface area (Å²) in [6.45, 7) is 1.95. The number of nitrogen functional groups attached to an aromatic ring is 1. The first-order valence-corrected chi connectivity index (χ1v) is 7.42. The lowest BCUT2D eigenvalue weighted by Gasteiger charge is -2.16. The second-order valence-corrected chi connectivity index (χ2v) is 6.10. The van der Waals surface area contributed by atoms with Gasteiger partial charge in [-0.15, -0.1) is 0 Å². The highest BCUT2D eigenvalue weighted by atomic mass is 32.2. The molecule has 0 unspecified atom stereocenters. The molecule has 0 atom stereocenters. The van der Waals surface area contributed by atoms with Gasteiger partial charge >= 0.3 is 5.97 Å². The van der Waals surface area contributed by atoms with Gasteiger partial charge in [0.25, 0.3) is 0 Å². The van der Waals surface area contributed by atoms with E-state index in [0.717, 1.165) is 0 Å². The predicted octanol–water partition coefficient (Wildman–Crippen LogP) is 1.08. The highest BCUT2D eigenvalue weighted by Gasteiger charge is 2.27. The molecule has 0 spiro atoms. The number of carbonyl (C=O) groups is 1. The SMILES string of the molecule is CCOC(=O)CC1=Nc2ccc(N)cc2S(=O)(=O)C1. The Hall–Kier alpha value is -1.89. The van der Waals surface area contributed by atoms with Crippen molar-refractivity contribution in [2.75, 3.05) is 18.1 Å². The molecule has 0 fully saturated rings. The third-order valence-corrected chi connectivity index (χ3v) is 4.32. The molecule has 0 amide bonds. The fourth-order valence-electron chi connectivity index (χ4n) is 1.84. The average molecular weight is 282 g/mol. The summed E-state index contributed by atoms with van der Waals surface area (Å²) in [5.74, 6) is -0.752.